The van der Waals surface area contributed by atoms with E-state index in [-0.39, 0.29) is 23.6 Å². The summed E-state index contributed by atoms with van der Waals surface area (Å²) in [5.74, 6) is -0.297. The van der Waals surface area contributed by atoms with Gasteiger partial charge in [-0.25, -0.2) is 4.39 Å². The Bertz CT molecular complexity index is 396. The average molecular weight is 257 g/mol. The number of nitrogens with one attached hydrogen (secondary N) is 1. The molecule has 1 N–H and O–H groups in total. The quantitative estimate of drug-likeness (QED) is 0.814. The van der Waals surface area contributed by atoms with Gasteiger partial charge in [0.25, 0.3) is 0 Å². The van der Waals surface area contributed by atoms with Crippen molar-refractivity contribution in [2.75, 3.05) is 25.5 Å². The zero-order chi connectivity index (χ0) is 12.3. The largest absolute Gasteiger partial charge is 0.338 e. The van der Waals surface area contributed by atoms with E-state index in [9.17, 15) is 9.18 Å². The van der Waals surface area contributed by atoms with Gasteiger partial charge in [-0.15, -0.1) is 11.6 Å². The van der Waals surface area contributed by atoms with Crippen molar-refractivity contribution >= 4 is 17.5 Å². The fourth-order valence-corrected chi connectivity index (χ4v) is 2.15. The number of nitrogens with zero attached hydrogens (tertiary/aromatic N) is 1. The van der Waals surface area contributed by atoms with E-state index in [0.29, 0.717) is 13.1 Å². The molecule has 3 nitrogen and oxygen atoms in total. The van der Waals surface area contributed by atoms with Crippen LogP contribution in [-0.2, 0) is 4.79 Å². The van der Waals surface area contributed by atoms with Gasteiger partial charge in [-0.1, -0.05) is 12.1 Å². The summed E-state index contributed by atoms with van der Waals surface area (Å²) in [6.45, 7) is 1.98. The number of hydrogen-bond acceptors (Lipinski definition) is 2. The highest BCUT2D eigenvalue weighted by molar-refractivity contribution is 6.27. The zero-order valence-electron chi connectivity index (χ0n) is 9.33. The van der Waals surface area contributed by atoms with Crippen molar-refractivity contribution in [1.82, 2.24) is 10.2 Å². The van der Waals surface area contributed by atoms with E-state index < -0.39 is 0 Å². The summed E-state index contributed by atoms with van der Waals surface area (Å²) in [5, 5.41) is 3.30. The van der Waals surface area contributed by atoms with Crippen LogP contribution in [0.5, 0.6) is 0 Å². The molecule has 0 radical (unpaired) electrons. The highest BCUT2D eigenvalue weighted by Crippen LogP contribution is 2.17. The Morgan fingerprint density at radius 3 is 2.82 bits per heavy atom. The van der Waals surface area contributed by atoms with E-state index in [4.69, 9.17) is 11.6 Å². The van der Waals surface area contributed by atoms with E-state index in [1.54, 1.807) is 17.0 Å². The van der Waals surface area contributed by atoms with Gasteiger partial charge in [0.05, 0.1) is 0 Å². The molecular weight excluding hydrogens is 243 g/mol. The molecule has 1 heterocycles. The van der Waals surface area contributed by atoms with Crippen molar-refractivity contribution in [1.29, 1.82) is 0 Å². The molecule has 1 aliphatic heterocycles. The number of benzene rings is 1. The van der Waals surface area contributed by atoms with Gasteiger partial charge in [0, 0.05) is 25.7 Å². The first-order valence-corrected chi connectivity index (χ1v) is 6.07. The van der Waals surface area contributed by atoms with Crippen LogP contribution in [-0.4, -0.2) is 36.3 Å². The maximum Gasteiger partial charge on any atom is 0.237 e. The lowest BCUT2D eigenvalue weighted by Gasteiger charge is -2.33. The van der Waals surface area contributed by atoms with Crippen molar-refractivity contribution in [2.45, 2.75) is 6.04 Å². The number of rotatable bonds is 2. The predicted molar refractivity (Wildman–Crippen MR) is 64.4 cm³/mol. The Kier molecular flexibility index (Phi) is 3.97. The molecular formula is C12H14ClFN2O. The molecule has 92 valence electrons. The third kappa shape index (κ3) is 2.96. The average Bonchev–Trinajstić information content (AvgIpc) is 2.39. The lowest BCUT2D eigenvalue weighted by molar-refractivity contribution is -0.129. The van der Waals surface area contributed by atoms with Gasteiger partial charge in [0.2, 0.25) is 5.91 Å². The second-order valence-electron chi connectivity index (χ2n) is 4.03. The highest BCUT2D eigenvalue weighted by atomic mass is 35.5. The highest BCUT2D eigenvalue weighted by Gasteiger charge is 2.23. The van der Waals surface area contributed by atoms with Gasteiger partial charge in [0.1, 0.15) is 11.7 Å². The Hall–Kier alpha value is -1.13. The Labute approximate surface area is 105 Å². The summed E-state index contributed by atoms with van der Waals surface area (Å²) >= 11 is 5.54. The fourth-order valence-electron chi connectivity index (χ4n) is 1.98. The normalized spacial score (nSPS) is 20.4. The van der Waals surface area contributed by atoms with Crippen LogP contribution < -0.4 is 5.32 Å². The number of carbonyl (C=O) groups is 1. The van der Waals surface area contributed by atoms with Gasteiger partial charge in [-0.3, -0.25) is 4.79 Å². The van der Waals surface area contributed by atoms with Crippen molar-refractivity contribution in [3.63, 3.8) is 0 Å². The molecule has 0 saturated carbocycles. The van der Waals surface area contributed by atoms with Crippen LogP contribution in [0.1, 0.15) is 11.6 Å². The van der Waals surface area contributed by atoms with E-state index in [1.807, 2.05) is 0 Å². The summed E-state index contributed by atoms with van der Waals surface area (Å²) in [5.41, 5.74) is 0.985. The smallest absolute Gasteiger partial charge is 0.237 e. The van der Waals surface area contributed by atoms with E-state index >= 15 is 0 Å². The van der Waals surface area contributed by atoms with Crippen molar-refractivity contribution in [3.05, 3.63) is 35.6 Å². The van der Waals surface area contributed by atoms with Gasteiger partial charge < -0.3 is 10.2 Å². The van der Waals surface area contributed by atoms with Crippen LogP contribution in [0, 0.1) is 5.82 Å². The van der Waals surface area contributed by atoms with Gasteiger partial charge >= 0.3 is 0 Å². The molecule has 5 heteroatoms. The molecule has 0 bridgehead atoms. The van der Waals surface area contributed by atoms with Crippen LogP contribution >= 0.6 is 11.6 Å². The summed E-state index contributed by atoms with van der Waals surface area (Å²) in [6, 6.07) is 6.39. The van der Waals surface area contributed by atoms with Crippen LogP contribution in [0.2, 0.25) is 0 Å². The van der Waals surface area contributed by atoms with Crippen molar-refractivity contribution in [2.24, 2.45) is 0 Å². The van der Waals surface area contributed by atoms with E-state index in [1.165, 1.54) is 12.1 Å². The van der Waals surface area contributed by atoms with Gasteiger partial charge in [0.15, 0.2) is 0 Å². The Balaban J connectivity index is 2.06. The first-order chi connectivity index (χ1) is 8.20. The standard InChI is InChI=1S/C12H14ClFN2O/c13-7-12(17)16-6-5-15-11(8-16)9-1-3-10(14)4-2-9/h1-4,11,15H,5-8H2. The maximum absolute atomic E-state index is 12.8. The third-order valence-electron chi connectivity index (χ3n) is 2.91. The Morgan fingerprint density at radius 2 is 2.18 bits per heavy atom. The molecule has 1 atom stereocenters. The summed E-state index contributed by atoms with van der Waals surface area (Å²) in [6.07, 6.45) is 0. The minimum Gasteiger partial charge on any atom is -0.338 e. The molecule has 0 spiro atoms. The molecule has 0 aliphatic carbocycles. The third-order valence-corrected chi connectivity index (χ3v) is 3.14. The van der Waals surface area contributed by atoms with Crippen molar-refractivity contribution < 1.29 is 9.18 Å². The second kappa shape index (κ2) is 5.47. The van der Waals surface area contributed by atoms with Crippen LogP contribution in [0.4, 0.5) is 4.39 Å². The minimum atomic E-state index is -0.252. The molecule has 1 saturated heterocycles. The molecule has 1 amide bonds. The second-order valence-corrected chi connectivity index (χ2v) is 4.30. The number of hydrogen-bond donors (Lipinski definition) is 1. The number of alkyl halides is 1. The lowest BCUT2D eigenvalue weighted by Crippen LogP contribution is -2.48. The van der Waals surface area contributed by atoms with Crippen LogP contribution in [0.25, 0.3) is 0 Å². The number of amides is 1. The van der Waals surface area contributed by atoms with Gasteiger partial charge in [-0.2, -0.15) is 0 Å². The molecule has 1 fully saturated rings. The van der Waals surface area contributed by atoms with E-state index in [2.05, 4.69) is 5.32 Å². The number of piperazine rings is 1. The minimum absolute atomic E-state index is 0.0101. The fraction of sp³-hybridized carbons (Fsp3) is 0.417. The molecule has 1 aliphatic rings. The molecule has 1 aromatic carbocycles. The lowest BCUT2D eigenvalue weighted by atomic mass is 10.0. The number of carbonyl (C=O) groups excluding carboxylic acids is 1. The van der Waals surface area contributed by atoms with Crippen LogP contribution in [0.3, 0.4) is 0 Å². The molecule has 1 aromatic rings. The van der Waals surface area contributed by atoms with Gasteiger partial charge in [-0.05, 0) is 17.7 Å². The van der Waals surface area contributed by atoms with Crippen molar-refractivity contribution in [3.8, 4) is 0 Å². The summed E-state index contributed by atoms with van der Waals surface area (Å²) < 4.78 is 12.8. The first-order valence-electron chi connectivity index (χ1n) is 5.53. The SMILES string of the molecule is O=C(CCl)N1CCNC(c2ccc(F)cc2)C1. The maximum atomic E-state index is 12.8. The summed E-state index contributed by atoms with van der Waals surface area (Å²) in [7, 11) is 0. The zero-order valence-corrected chi connectivity index (χ0v) is 10.1. The molecule has 1 unspecified atom stereocenters. The topological polar surface area (TPSA) is 32.3 Å². The van der Waals surface area contributed by atoms with E-state index in [0.717, 1.165) is 12.1 Å². The molecule has 2 rings (SSSR count). The Morgan fingerprint density at radius 1 is 1.47 bits per heavy atom. The monoisotopic (exact) mass is 256 g/mol. The molecule has 17 heavy (non-hydrogen) atoms. The predicted octanol–water partition coefficient (Wildman–Crippen LogP) is 1.54. The first kappa shape index (κ1) is 12.3. The summed E-state index contributed by atoms with van der Waals surface area (Å²) in [4.78, 5) is 13.2. The molecule has 0 aromatic heterocycles. The number of halogens is 2. The van der Waals surface area contributed by atoms with Crippen LogP contribution in [0.15, 0.2) is 24.3 Å².